The maximum absolute atomic E-state index is 13.8. The van der Waals surface area contributed by atoms with E-state index in [1.54, 1.807) is 19.1 Å². The minimum atomic E-state index is -2.09. The van der Waals surface area contributed by atoms with E-state index in [0.717, 1.165) is 25.0 Å². The molecule has 2 heterocycles. The number of carbonyl (C=O) groups is 2. The van der Waals surface area contributed by atoms with E-state index >= 15 is 0 Å². The standard InChI is InChI=1S/C30H42N2O9/c1-14-9-18-22(19(34)10-14)25(36)23-17(24(18)35)3-2-4-20(23)40-27-26(37)30(39)16(11-15-6-8-32-21(31)12-15)5-7-29(13-33,41-27)28(30)38/h5,7,9-10,15-18,20-23,26-28,32-34,37-39H,2-4,6,8,11-13,31H2,1H3/p+1/t15?,16-,17?,18-,20?,21?,22+,23?,26+,27+,28-,29-,30+/m1/s1. The van der Waals surface area contributed by atoms with Gasteiger partial charge in [-0.1, -0.05) is 30.2 Å². The number of rotatable bonds is 5. The number of hydrogen-bond acceptors (Lipinski definition) is 10. The monoisotopic (exact) mass is 575 g/mol. The van der Waals surface area contributed by atoms with Crippen LogP contribution in [0.25, 0.3) is 0 Å². The van der Waals surface area contributed by atoms with Crippen LogP contribution in [0, 0.1) is 35.5 Å². The number of hydrogen-bond donors (Lipinski definition) is 7. The summed E-state index contributed by atoms with van der Waals surface area (Å²) in [7, 11) is 0. The number of allylic oxidation sites excluding steroid dienone is 4. The van der Waals surface area contributed by atoms with E-state index in [2.05, 4.69) is 5.32 Å². The maximum atomic E-state index is 13.8. The van der Waals surface area contributed by atoms with Crippen LogP contribution in [0.3, 0.4) is 0 Å². The number of ketones is 2. The molecule has 0 aromatic carbocycles. The molecule has 11 heteroatoms. The van der Waals surface area contributed by atoms with E-state index < -0.39 is 72.0 Å². The number of ether oxygens (including phenoxy) is 2. The second kappa shape index (κ2) is 10.6. The van der Waals surface area contributed by atoms with Gasteiger partial charge in [-0.15, -0.1) is 0 Å². The number of carbonyl (C=O) groups excluding carboxylic acids is 2. The van der Waals surface area contributed by atoms with Crippen molar-refractivity contribution < 1.29 is 49.9 Å². The fraction of sp³-hybridized carbons (Fsp3) is 0.733. The first-order chi connectivity index (χ1) is 19.5. The smallest absolute Gasteiger partial charge is 0.188 e. The van der Waals surface area contributed by atoms with Gasteiger partial charge in [0, 0.05) is 18.3 Å². The molecule has 2 bridgehead atoms. The molecule has 2 aliphatic heterocycles. The molecule has 4 aliphatic carbocycles. The molecule has 41 heavy (non-hydrogen) atoms. The molecule has 0 aromatic heterocycles. The normalized spacial score (nSPS) is 49.6. The summed E-state index contributed by atoms with van der Waals surface area (Å²) >= 11 is 0. The quantitative estimate of drug-likeness (QED) is 0.199. The van der Waals surface area contributed by atoms with Crippen LogP contribution in [0.5, 0.6) is 0 Å². The van der Waals surface area contributed by atoms with Gasteiger partial charge in [-0.2, -0.15) is 0 Å². The first-order valence-corrected chi connectivity index (χ1v) is 15.0. The molecule has 226 valence electrons. The highest BCUT2D eigenvalue weighted by atomic mass is 16.7. The molecular weight excluding hydrogens is 532 g/mol. The first kappa shape index (κ1) is 29.1. The van der Waals surface area contributed by atoms with E-state index in [1.807, 2.05) is 0 Å². The van der Waals surface area contributed by atoms with Crippen LogP contribution in [0.4, 0.5) is 0 Å². The number of nitrogens with two attached hydrogens (primary N) is 2. The molecule has 0 spiro atoms. The average molecular weight is 576 g/mol. The van der Waals surface area contributed by atoms with Crippen molar-refractivity contribution in [3.63, 3.8) is 0 Å². The zero-order valence-corrected chi connectivity index (χ0v) is 23.3. The van der Waals surface area contributed by atoms with Crippen LogP contribution in [-0.2, 0) is 19.1 Å². The zero-order chi connectivity index (χ0) is 29.3. The van der Waals surface area contributed by atoms with E-state index in [9.17, 15) is 35.1 Å². The topological polar surface area (TPSA) is 196 Å². The van der Waals surface area contributed by atoms with Crippen molar-refractivity contribution in [1.29, 1.82) is 0 Å². The molecule has 5 unspecified atom stereocenters. The number of aliphatic hydroxyl groups is 5. The van der Waals surface area contributed by atoms with Crippen LogP contribution in [0.1, 0.15) is 45.4 Å². The van der Waals surface area contributed by atoms with Crippen molar-refractivity contribution >= 4 is 11.6 Å². The molecule has 4 fully saturated rings. The van der Waals surface area contributed by atoms with Gasteiger partial charge in [0.15, 0.2) is 12.1 Å². The second-order valence-corrected chi connectivity index (χ2v) is 13.1. The molecule has 0 aromatic rings. The number of quaternary nitrogens is 1. The Bertz CT molecular complexity index is 1170. The van der Waals surface area contributed by atoms with Crippen LogP contribution in [0.2, 0.25) is 0 Å². The fourth-order valence-electron chi connectivity index (χ4n) is 8.51. The third-order valence-electron chi connectivity index (χ3n) is 10.6. The van der Waals surface area contributed by atoms with Crippen LogP contribution < -0.4 is 11.1 Å². The van der Waals surface area contributed by atoms with Crippen LogP contribution in [-0.4, -0.2) is 92.2 Å². The Morgan fingerprint density at radius 3 is 2.71 bits per heavy atom. The summed E-state index contributed by atoms with van der Waals surface area (Å²) in [6.07, 6.45) is 4.39. The predicted molar refractivity (Wildman–Crippen MR) is 144 cm³/mol. The minimum absolute atomic E-state index is 0.0550. The molecule has 0 amide bonds. The summed E-state index contributed by atoms with van der Waals surface area (Å²) in [4.78, 5) is 27.3. The fourth-order valence-corrected chi connectivity index (χ4v) is 8.51. The molecular formula is C30H43N2O9+. The van der Waals surface area contributed by atoms with Crippen LogP contribution >= 0.6 is 0 Å². The van der Waals surface area contributed by atoms with Gasteiger partial charge in [-0.05, 0) is 44.6 Å². The summed E-state index contributed by atoms with van der Waals surface area (Å²) in [6, 6.07) is 0. The Labute approximate surface area is 239 Å². The molecule has 2 saturated heterocycles. The second-order valence-electron chi connectivity index (χ2n) is 13.1. The summed E-state index contributed by atoms with van der Waals surface area (Å²) in [5.41, 5.74) is 3.06. The van der Waals surface area contributed by atoms with E-state index in [0.29, 0.717) is 25.7 Å². The summed E-state index contributed by atoms with van der Waals surface area (Å²) in [6.45, 7) is 1.96. The van der Waals surface area contributed by atoms with Crippen molar-refractivity contribution in [2.75, 3.05) is 13.2 Å². The van der Waals surface area contributed by atoms with Crippen molar-refractivity contribution in [1.82, 2.24) is 0 Å². The van der Waals surface area contributed by atoms with Gasteiger partial charge in [-0.25, -0.2) is 0 Å². The van der Waals surface area contributed by atoms with Crippen molar-refractivity contribution in [3.05, 3.63) is 35.6 Å². The van der Waals surface area contributed by atoms with Gasteiger partial charge >= 0.3 is 0 Å². The zero-order valence-electron chi connectivity index (χ0n) is 23.3. The number of Topliss-reactive ketones (excluding diaryl/α,β-unsaturated/α-hetero) is 2. The van der Waals surface area contributed by atoms with Crippen molar-refractivity contribution in [2.45, 2.75) is 87.4 Å². The van der Waals surface area contributed by atoms with Gasteiger partial charge < -0.3 is 40.3 Å². The Morgan fingerprint density at radius 1 is 1.20 bits per heavy atom. The summed E-state index contributed by atoms with van der Waals surface area (Å²) in [5, 5.41) is 57.9. The van der Waals surface area contributed by atoms with Gasteiger partial charge in [0.1, 0.15) is 41.1 Å². The van der Waals surface area contributed by atoms with E-state index in [1.165, 1.54) is 12.2 Å². The Balaban J connectivity index is 1.27. The lowest BCUT2D eigenvalue weighted by molar-refractivity contribution is -0.699. The van der Waals surface area contributed by atoms with E-state index in [4.69, 9.17) is 15.2 Å². The van der Waals surface area contributed by atoms with Gasteiger partial charge in [-0.3, -0.25) is 15.3 Å². The number of piperidine rings is 1. The average Bonchev–Trinajstić information content (AvgIpc) is 2.94. The first-order valence-electron chi connectivity index (χ1n) is 15.0. The molecule has 6 aliphatic rings. The van der Waals surface area contributed by atoms with Gasteiger partial charge in [0.2, 0.25) is 0 Å². The van der Waals surface area contributed by atoms with Gasteiger partial charge in [0.25, 0.3) is 0 Å². The highest BCUT2D eigenvalue weighted by Gasteiger charge is 2.66. The Morgan fingerprint density at radius 2 is 1.98 bits per heavy atom. The largest absolute Gasteiger partial charge is 0.512 e. The molecule has 6 rings (SSSR count). The van der Waals surface area contributed by atoms with Crippen molar-refractivity contribution in [2.24, 2.45) is 41.2 Å². The van der Waals surface area contributed by atoms with E-state index in [-0.39, 0.29) is 29.4 Å². The van der Waals surface area contributed by atoms with Crippen molar-refractivity contribution in [3.8, 4) is 0 Å². The molecule has 13 atom stereocenters. The molecule has 2 saturated carbocycles. The third kappa shape index (κ3) is 4.56. The lowest BCUT2D eigenvalue weighted by Crippen LogP contribution is -2.94. The minimum Gasteiger partial charge on any atom is -0.512 e. The predicted octanol–water partition coefficient (Wildman–Crippen LogP) is -1.05. The molecule has 9 N–H and O–H groups in total. The number of fused-ring (bicyclic) bond motifs is 4. The Kier molecular flexibility index (Phi) is 7.56. The molecule has 0 radical (unpaired) electrons. The van der Waals surface area contributed by atoms with Gasteiger partial charge in [0.05, 0.1) is 37.0 Å². The van der Waals surface area contributed by atoms with Crippen LogP contribution in [0.15, 0.2) is 35.6 Å². The summed E-state index contributed by atoms with van der Waals surface area (Å²) in [5.74, 6) is -4.16. The SMILES string of the molecule is CC1=C[C@H]2C(=O)C3CCCC(O[C@H]4O[C@@]5(CO)C=C[C@H](CC6CC[NH2+]C(N)C6)[C@](O)([C@H]4O)[C@@H]5O)C3C(=O)[C@@H]2C(O)=C1. The Hall–Kier alpha value is -1.96. The lowest BCUT2D eigenvalue weighted by atomic mass is 9.59. The number of aliphatic hydroxyl groups excluding tert-OH is 4. The third-order valence-corrected chi connectivity index (χ3v) is 10.6. The lowest BCUT2D eigenvalue weighted by Gasteiger charge is -2.58. The summed E-state index contributed by atoms with van der Waals surface area (Å²) < 4.78 is 12.3. The highest BCUT2D eigenvalue weighted by molar-refractivity contribution is 6.02. The highest BCUT2D eigenvalue weighted by Crippen LogP contribution is 2.51. The molecule has 11 nitrogen and oxygen atoms in total. The maximum Gasteiger partial charge on any atom is 0.188 e.